The Balaban J connectivity index is 1.49. The minimum Gasteiger partial charge on any atom is -0.462 e. The summed E-state index contributed by atoms with van der Waals surface area (Å²) < 4.78 is 24.7. The molecule has 1 aromatic carbocycles. The van der Waals surface area contributed by atoms with Crippen LogP contribution in [0.4, 0.5) is 5.82 Å². The zero-order valence-electron chi connectivity index (χ0n) is 17.4. The summed E-state index contributed by atoms with van der Waals surface area (Å²) in [7, 11) is 0. The van der Waals surface area contributed by atoms with E-state index in [-0.39, 0.29) is 18.4 Å². The fourth-order valence-electron chi connectivity index (χ4n) is 3.85. The van der Waals surface area contributed by atoms with Crippen molar-refractivity contribution >= 4 is 11.8 Å². The molecule has 0 bridgehead atoms. The van der Waals surface area contributed by atoms with Crippen molar-refractivity contribution in [2.45, 2.75) is 57.0 Å². The molecule has 2 aliphatic rings. The number of esters is 1. The minimum atomic E-state index is -0.888. The summed E-state index contributed by atoms with van der Waals surface area (Å²) >= 11 is 0. The Hall–Kier alpha value is -2.79. The quantitative estimate of drug-likeness (QED) is 0.521. The van der Waals surface area contributed by atoms with Crippen LogP contribution in [0.1, 0.15) is 38.5 Å². The largest absolute Gasteiger partial charge is 0.462 e. The summed E-state index contributed by atoms with van der Waals surface area (Å²) in [5, 5.41) is 8.94. The zero-order valence-corrected chi connectivity index (χ0v) is 17.4. The number of fused-ring (bicyclic) bond motifs is 1. The Morgan fingerprint density at radius 2 is 1.97 bits per heavy atom. The number of nitrogens with one attached hydrogen (secondary N) is 1. The molecule has 31 heavy (non-hydrogen) atoms. The maximum Gasteiger partial charge on any atom is 0.351 e. The number of hydrogen-bond donors (Lipinski definition) is 2. The number of rotatable bonds is 6. The Kier molecular flexibility index (Phi) is 5.80. The van der Waals surface area contributed by atoms with Crippen molar-refractivity contribution in [3.05, 3.63) is 58.6 Å². The molecule has 0 spiro atoms. The summed E-state index contributed by atoms with van der Waals surface area (Å²) in [6, 6.07) is 10.8. The normalized spacial score (nSPS) is 27.5. The van der Waals surface area contributed by atoms with Gasteiger partial charge in [0, 0.05) is 6.20 Å². The van der Waals surface area contributed by atoms with Crippen LogP contribution < -0.4 is 11.2 Å². The van der Waals surface area contributed by atoms with Crippen molar-refractivity contribution in [1.82, 2.24) is 9.55 Å². The van der Waals surface area contributed by atoms with E-state index in [0.717, 1.165) is 5.56 Å². The van der Waals surface area contributed by atoms with Crippen LogP contribution in [0.25, 0.3) is 0 Å². The second kappa shape index (κ2) is 8.39. The van der Waals surface area contributed by atoms with E-state index in [1.807, 2.05) is 35.8 Å². The van der Waals surface area contributed by atoms with Crippen LogP contribution in [0.15, 0.2) is 47.4 Å². The molecule has 1 aromatic heterocycles. The minimum absolute atomic E-state index is 0.0140. The Morgan fingerprint density at radius 1 is 1.26 bits per heavy atom. The molecule has 2 saturated heterocycles. The second-order valence-corrected chi connectivity index (χ2v) is 8.01. The number of hydrogen-bond acceptors (Lipinski definition) is 9. The van der Waals surface area contributed by atoms with Gasteiger partial charge in [-0.05, 0) is 32.4 Å². The lowest BCUT2D eigenvalue weighted by Gasteiger charge is -2.25. The van der Waals surface area contributed by atoms with E-state index < -0.39 is 41.9 Å². The number of benzene rings is 1. The molecular weight excluding hydrogens is 406 g/mol. The molecule has 0 saturated carbocycles. The van der Waals surface area contributed by atoms with E-state index in [9.17, 15) is 9.59 Å². The fourth-order valence-corrected chi connectivity index (χ4v) is 3.85. The van der Waals surface area contributed by atoms with Crippen molar-refractivity contribution < 1.29 is 28.9 Å². The first kappa shape index (κ1) is 21.4. The molecule has 2 aromatic rings. The zero-order chi connectivity index (χ0) is 22.2. The molecule has 0 amide bonds. The molecule has 2 aliphatic heterocycles. The lowest BCUT2D eigenvalue weighted by molar-refractivity contribution is -0.203. The number of carbonyl (C=O) groups is 1. The molecular formula is C21H25N3O7. The molecule has 0 unspecified atom stereocenters. The standard InChI is InChI=1S/C21H25N3O7/c1-12(13-7-5-4-6-8-13)19(25)28-11-14-16-17(31-21(2,3)30-16)18(29-14)24-10-9-15(23-27)22-20(24)26/h4-10,12,14,16-18,27H,11H2,1-3H3,(H,22,23,26)/t12-,14-,16-,17-,18-/m1/s1. The molecule has 10 nitrogen and oxygen atoms in total. The predicted octanol–water partition coefficient (Wildman–Crippen LogP) is 1.81. The van der Waals surface area contributed by atoms with E-state index >= 15 is 0 Å². The maximum atomic E-state index is 12.6. The van der Waals surface area contributed by atoms with Gasteiger partial charge in [-0.25, -0.2) is 4.79 Å². The lowest BCUT2D eigenvalue weighted by Crippen LogP contribution is -2.34. The van der Waals surface area contributed by atoms with Gasteiger partial charge in [0.15, 0.2) is 17.8 Å². The molecule has 2 N–H and O–H groups in total. The van der Waals surface area contributed by atoms with Crippen LogP contribution >= 0.6 is 0 Å². The molecule has 5 atom stereocenters. The van der Waals surface area contributed by atoms with Gasteiger partial charge in [-0.3, -0.25) is 20.0 Å². The highest BCUT2D eigenvalue weighted by Gasteiger charge is 2.56. The predicted molar refractivity (Wildman–Crippen MR) is 107 cm³/mol. The van der Waals surface area contributed by atoms with Gasteiger partial charge in [0.25, 0.3) is 0 Å². The van der Waals surface area contributed by atoms with Crippen LogP contribution in [-0.4, -0.2) is 51.4 Å². The number of carbonyl (C=O) groups excluding carboxylic acids is 1. The molecule has 4 rings (SSSR count). The van der Waals surface area contributed by atoms with Gasteiger partial charge in [-0.1, -0.05) is 30.3 Å². The van der Waals surface area contributed by atoms with Crippen LogP contribution in [0, 0.1) is 0 Å². The van der Waals surface area contributed by atoms with Crippen molar-refractivity contribution in [1.29, 1.82) is 0 Å². The highest BCUT2D eigenvalue weighted by Crippen LogP contribution is 2.42. The van der Waals surface area contributed by atoms with Crippen LogP contribution in [0.5, 0.6) is 0 Å². The van der Waals surface area contributed by atoms with Crippen molar-refractivity contribution in [2.24, 2.45) is 0 Å². The summed E-state index contributed by atoms with van der Waals surface area (Å²) in [6.45, 7) is 5.26. The molecule has 0 aliphatic carbocycles. The highest BCUT2D eigenvalue weighted by atomic mass is 16.8. The second-order valence-electron chi connectivity index (χ2n) is 8.01. The maximum absolute atomic E-state index is 12.6. The van der Waals surface area contributed by atoms with Crippen molar-refractivity contribution in [3.63, 3.8) is 0 Å². The van der Waals surface area contributed by atoms with Gasteiger partial charge < -0.3 is 18.9 Å². The summed E-state index contributed by atoms with van der Waals surface area (Å²) in [5.41, 5.74) is 2.05. The van der Waals surface area contributed by atoms with Crippen LogP contribution in [0.2, 0.25) is 0 Å². The van der Waals surface area contributed by atoms with Crippen LogP contribution in [0.3, 0.4) is 0 Å². The first-order valence-corrected chi connectivity index (χ1v) is 10.0. The Bertz CT molecular complexity index is 994. The smallest absolute Gasteiger partial charge is 0.351 e. The Morgan fingerprint density at radius 3 is 2.65 bits per heavy atom. The molecule has 3 heterocycles. The van der Waals surface area contributed by atoms with Gasteiger partial charge in [0.1, 0.15) is 24.9 Å². The number of ether oxygens (including phenoxy) is 4. The average Bonchev–Trinajstić information content (AvgIpc) is 3.25. The fraction of sp³-hybridized carbons (Fsp3) is 0.476. The van der Waals surface area contributed by atoms with Crippen molar-refractivity contribution in [3.8, 4) is 0 Å². The molecule has 2 fully saturated rings. The molecule has 166 valence electrons. The lowest BCUT2D eigenvalue weighted by atomic mass is 10.0. The number of aromatic nitrogens is 2. The first-order valence-electron chi connectivity index (χ1n) is 10.0. The highest BCUT2D eigenvalue weighted by molar-refractivity contribution is 5.77. The van der Waals surface area contributed by atoms with Crippen molar-refractivity contribution in [2.75, 3.05) is 12.1 Å². The summed E-state index contributed by atoms with van der Waals surface area (Å²) in [6.07, 6.45) is -1.16. The van der Waals surface area contributed by atoms with Gasteiger partial charge in [0.05, 0.1) is 5.92 Å². The number of anilines is 1. The van der Waals surface area contributed by atoms with E-state index in [0.29, 0.717) is 0 Å². The third-order valence-corrected chi connectivity index (χ3v) is 5.39. The van der Waals surface area contributed by atoms with Gasteiger partial charge in [0.2, 0.25) is 0 Å². The number of nitrogens with zero attached hydrogens (tertiary/aromatic N) is 2. The summed E-state index contributed by atoms with van der Waals surface area (Å²) in [4.78, 5) is 28.7. The van der Waals surface area contributed by atoms with E-state index in [4.69, 9.17) is 24.2 Å². The average molecular weight is 431 g/mol. The third-order valence-electron chi connectivity index (χ3n) is 5.39. The van der Waals surface area contributed by atoms with Crippen LogP contribution in [-0.2, 0) is 23.7 Å². The monoisotopic (exact) mass is 431 g/mol. The topological polar surface area (TPSA) is 121 Å². The van der Waals surface area contributed by atoms with Gasteiger partial charge in [-0.15, -0.1) is 0 Å². The third kappa shape index (κ3) is 4.33. The molecule has 10 heteroatoms. The Labute approximate surface area is 178 Å². The van der Waals surface area contributed by atoms with E-state index in [1.54, 1.807) is 20.8 Å². The van der Waals surface area contributed by atoms with Gasteiger partial charge in [-0.2, -0.15) is 4.98 Å². The van der Waals surface area contributed by atoms with Gasteiger partial charge >= 0.3 is 11.7 Å². The first-order chi connectivity index (χ1) is 14.8. The SMILES string of the molecule is C[C@@H](C(=O)OC[C@H]1O[C@@H](n2ccc(NO)nc2=O)[C@@H]2OC(C)(C)O[C@@H]21)c1ccccc1. The molecule has 0 radical (unpaired) electrons. The van der Waals surface area contributed by atoms with E-state index in [1.165, 1.54) is 16.8 Å². The summed E-state index contributed by atoms with van der Waals surface area (Å²) in [5.74, 6) is -1.69. The van der Waals surface area contributed by atoms with E-state index in [2.05, 4.69) is 4.98 Å².